The summed E-state index contributed by atoms with van der Waals surface area (Å²) < 4.78 is 105. The van der Waals surface area contributed by atoms with E-state index in [1.54, 1.807) is 4.72 Å². The highest BCUT2D eigenvalue weighted by molar-refractivity contribution is 7.92. The highest BCUT2D eigenvalue weighted by Gasteiger charge is 2.34. The van der Waals surface area contributed by atoms with Crippen LogP contribution in [-0.4, -0.2) is 23.6 Å². The lowest BCUT2D eigenvalue weighted by Crippen LogP contribution is -2.16. The SMILES string of the molecule is O=c1[nH]nc(-c2cc(NS(=O)(=O)c3cc(C(F)(F)F)ccc3Cl)cc(C(F)(F)F)c2)[nH]1. The third-order valence-corrected chi connectivity index (χ3v) is 5.70. The van der Waals surface area contributed by atoms with Gasteiger partial charge in [-0.1, -0.05) is 11.6 Å². The molecule has 0 aliphatic carbocycles. The van der Waals surface area contributed by atoms with Gasteiger partial charge in [0.05, 0.1) is 21.8 Å². The molecule has 0 radical (unpaired) electrons. The van der Waals surface area contributed by atoms with Crippen LogP contribution in [0.1, 0.15) is 11.1 Å². The van der Waals surface area contributed by atoms with Crippen molar-refractivity contribution in [2.24, 2.45) is 0 Å². The van der Waals surface area contributed by atoms with Crippen molar-refractivity contribution in [3.63, 3.8) is 0 Å². The smallest absolute Gasteiger partial charge is 0.289 e. The fourth-order valence-corrected chi connectivity index (χ4v) is 4.06. The lowest BCUT2D eigenvalue weighted by atomic mass is 10.1. The molecule has 0 aliphatic rings. The lowest BCUT2D eigenvalue weighted by molar-refractivity contribution is -0.138. The Kier molecular flexibility index (Phi) is 5.56. The number of H-pyrrole nitrogens is 2. The molecular weight excluding hydrogens is 478 g/mol. The molecule has 3 rings (SSSR count). The maximum atomic E-state index is 13.2. The number of alkyl halides is 6. The van der Waals surface area contributed by atoms with E-state index in [4.69, 9.17) is 11.6 Å². The Morgan fingerprint density at radius 3 is 2.13 bits per heavy atom. The van der Waals surface area contributed by atoms with Crippen molar-refractivity contribution in [3.05, 3.63) is 63.0 Å². The number of sulfonamides is 1. The zero-order valence-corrected chi connectivity index (χ0v) is 16.3. The van der Waals surface area contributed by atoms with Gasteiger partial charge in [-0.3, -0.25) is 9.71 Å². The van der Waals surface area contributed by atoms with Gasteiger partial charge in [0, 0.05) is 5.56 Å². The fourth-order valence-electron chi connectivity index (χ4n) is 2.49. The number of halogens is 7. The van der Waals surface area contributed by atoms with E-state index < -0.39 is 54.8 Å². The van der Waals surface area contributed by atoms with Gasteiger partial charge in [-0.15, -0.1) is 0 Å². The number of nitrogens with zero attached hydrogens (tertiary/aromatic N) is 1. The first-order chi connectivity index (χ1) is 14.2. The Hall–Kier alpha value is -3.00. The summed E-state index contributed by atoms with van der Waals surface area (Å²) in [6.45, 7) is 0. The lowest BCUT2D eigenvalue weighted by Gasteiger charge is -2.15. The van der Waals surface area contributed by atoms with Crippen LogP contribution >= 0.6 is 11.6 Å². The number of aromatic nitrogens is 3. The first-order valence-corrected chi connectivity index (χ1v) is 9.80. The molecule has 0 aliphatic heterocycles. The number of anilines is 1. The summed E-state index contributed by atoms with van der Waals surface area (Å²) in [5.41, 5.74) is -4.42. The maximum Gasteiger partial charge on any atom is 0.416 e. The topological polar surface area (TPSA) is 108 Å². The van der Waals surface area contributed by atoms with E-state index in [9.17, 15) is 39.6 Å². The monoisotopic (exact) mass is 486 g/mol. The van der Waals surface area contributed by atoms with Gasteiger partial charge in [0.15, 0.2) is 5.82 Å². The molecule has 3 N–H and O–H groups in total. The normalized spacial score (nSPS) is 12.7. The van der Waals surface area contributed by atoms with E-state index in [0.717, 1.165) is 6.07 Å². The highest BCUT2D eigenvalue weighted by Crippen LogP contribution is 2.36. The largest absolute Gasteiger partial charge is 0.416 e. The molecule has 2 aromatic carbocycles. The molecule has 1 aromatic heterocycles. The Bertz CT molecular complexity index is 1300. The predicted molar refractivity (Wildman–Crippen MR) is 96.9 cm³/mol. The van der Waals surface area contributed by atoms with Gasteiger partial charge in [0.25, 0.3) is 10.0 Å². The minimum absolute atomic E-state index is 0.254. The average Bonchev–Trinajstić information content (AvgIpc) is 3.06. The number of hydrogen-bond acceptors (Lipinski definition) is 4. The van der Waals surface area contributed by atoms with Gasteiger partial charge in [0.2, 0.25) is 0 Å². The van der Waals surface area contributed by atoms with Crippen LogP contribution in [-0.2, 0) is 22.4 Å². The summed E-state index contributed by atoms with van der Waals surface area (Å²) in [7, 11) is -4.83. The zero-order chi connectivity index (χ0) is 23.2. The van der Waals surface area contributed by atoms with E-state index in [2.05, 4.69) is 10.1 Å². The standard InChI is InChI=1S/C16H9ClF6N4O3S/c17-11-2-1-8(15(18,19)20)6-12(11)31(29,30)27-10-4-7(13-24-14(28)26-25-13)3-9(5-10)16(21,22)23/h1-6,27H,(H2,24,25,26,28). The second kappa shape index (κ2) is 7.60. The van der Waals surface area contributed by atoms with E-state index in [1.165, 1.54) is 0 Å². The quantitative estimate of drug-likeness (QED) is 0.479. The predicted octanol–water partition coefficient (Wildman–Crippen LogP) is 4.26. The van der Waals surface area contributed by atoms with Crippen LogP contribution in [0.4, 0.5) is 32.0 Å². The molecule has 0 saturated carbocycles. The second-order valence-electron chi connectivity index (χ2n) is 6.07. The van der Waals surface area contributed by atoms with Crippen molar-refractivity contribution >= 4 is 27.3 Å². The summed E-state index contributed by atoms with van der Waals surface area (Å²) in [6.07, 6.45) is -9.80. The van der Waals surface area contributed by atoms with E-state index in [1.807, 2.05) is 5.10 Å². The van der Waals surface area contributed by atoms with Crippen LogP contribution in [0, 0.1) is 0 Å². The van der Waals surface area contributed by atoms with Gasteiger partial charge >= 0.3 is 18.0 Å². The summed E-state index contributed by atoms with van der Waals surface area (Å²) in [6, 6.07) is 3.43. The van der Waals surface area contributed by atoms with Crippen LogP contribution in [0.2, 0.25) is 5.02 Å². The number of benzene rings is 2. The average molecular weight is 487 g/mol. The maximum absolute atomic E-state index is 13.2. The summed E-state index contributed by atoms with van der Waals surface area (Å²) in [5, 5.41) is 4.84. The number of aromatic amines is 2. The van der Waals surface area contributed by atoms with Crippen molar-refractivity contribution in [3.8, 4) is 11.4 Å². The van der Waals surface area contributed by atoms with Crippen molar-refractivity contribution in [1.82, 2.24) is 15.2 Å². The molecule has 0 unspecified atom stereocenters. The zero-order valence-electron chi connectivity index (χ0n) is 14.7. The molecule has 0 atom stereocenters. The van der Waals surface area contributed by atoms with Gasteiger partial charge in [0.1, 0.15) is 4.90 Å². The third-order valence-electron chi connectivity index (χ3n) is 3.84. The van der Waals surface area contributed by atoms with Crippen molar-refractivity contribution in [2.75, 3.05) is 4.72 Å². The van der Waals surface area contributed by atoms with E-state index in [-0.39, 0.29) is 17.5 Å². The van der Waals surface area contributed by atoms with Gasteiger partial charge in [-0.2, -0.15) is 31.4 Å². The molecule has 0 spiro atoms. The molecule has 0 saturated heterocycles. The minimum atomic E-state index is -4.92. The molecule has 3 aromatic rings. The Morgan fingerprint density at radius 2 is 1.58 bits per heavy atom. The Morgan fingerprint density at radius 1 is 0.935 bits per heavy atom. The van der Waals surface area contributed by atoms with Crippen LogP contribution in [0.5, 0.6) is 0 Å². The number of nitrogens with one attached hydrogen (secondary N) is 3. The number of hydrogen-bond donors (Lipinski definition) is 3. The minimum Gasteiger partial charge on any atom is -0.289 e. The molecule has 1 heterocycles. The first-order valence-electron chi connectivity index (χ1n) is 7.94. The fraction of sp³-hybridized carbons (Fsp3) is 0.125. The molecule has 0 fully saturated rings. The Labute approximate surface area is 174 Å². The second-order valence-corrected chi connectivity index (χ2v) is 8.13. The molecule has 7 nitrogen and oxygen atoms in total. The molecule has 0 amide bonds. The summed E-state index contributed by atoms with van der Waals surface area (Å²) in [4.78, 5) is 12.3. The van der Waals surface area contributed by atoms with E-state index >= 15 is 0 Å². The first kappa shape index (κ1) is 22.7. The molecular formula is C16H9ClF6N4O3S. The Balaban J connectivity index is 2.10. The van der Waals surface area contributed by atoms with Gasteiger partial charge < -0.3 is 0 Å². The van der Waals surface area contributed by atoms with Crippen LogP contribution in [0.25, 0.3) is 11.4 Å². The van der Waals surface area contributed by atoms with Crippen molar-refractivity contribution in [1.29, 1.82) is 0 Å². The molecule has 0 bridgehead atoms. The third kappa shape index (κ3) is 5.02. The van der Waals surface area contributed by atoms with E-state index in [0.29, 0.717) is 24.3 Å². The molecule has 166 valence electrons. The van der Waals surface area contributed by atoms with Crippen molar-refractivity contribution < 1.29 is 34.8 Å². The summed E-state index contributed by atoms with van der Waals surface area (Å²) in [5.74, 6) is -0.325. The summed E-state index contributed by atoms with van der Waals surface area (Å²) >= 11 is 5.71. The van der Waals surface area contributed by atoms with Crippen LogP contribution in [0.3, 0.4) is 0 Å². The number of rotatable bonds is 4. The van der Waals surface area contributed by atoms with Gasteiger partial charge in [-0.25, -0.2) is 18.3 Å². The van der Waals surface area contributed by atoms with Crippen LogP contribution in [0.15, 0.2) is 46.1 Å². The van der Waals surface area contributed by atoms with Crippen molar-refractivity contribution in [2.45, 2.75) is 17.2 Å². The van der Waals surface area contributed by atoms with Crippen LogP contribution < -0.4 is 10.4 Å². The molecule has 15 heteroatoms. The van der Waals surface area contributed by atoms with Gasteiger partial charge in [-0.05, 0) is 36.4 Å². The highest BCUT2D eigenvalue weighted by atomic mass is 35.5. The molecule has 31 heavy (non-hydrogen) atoms.